The zero-order valence-corrected chi connectivity index (χ0v) is 13.6. The van der Waals surface area contributed by atoms with E-state index in [4.69, 9.17) is 4.52 Å². The minimum atomic E-state index is -0.147. The van der Waals surface area contributed by atoms with E-state index in [1.54, 1.807) is 24.0 Å². The van der Waals surface area contributed by atoms with Crippen LogP contribution in [-0.2, 0) is 18.3 Å². The summed E-state index contributed by atoms with van der Waals surface area (Å²) in [5.41, 5.74) is 1.88. The molecule has 126 valence electrons. The van der Waals surface area contributed by atoms with Gasteiger partial charge < -0.3 is 14.8 Å². The van der Waals surface area contributed by atoms with E-state index in [0.717, 1.165) is 16.5 Å². The van der Waals surface area contributed by atoms with Crippen molar-refractivity contribution in [2.75, 3.05) is 5.32 Å². The van der Waals surface area contributed by atoms with Gasteiger partial charge in [-0.25, -0.2) is 0 Å². The lowest BCUT2D eigenvalue weighted by molar-refractivity contribution is -0.116. The number of nitrogens with zero attached hydrogens (tertiary/aromatic N) is 4. The minimum Gasteiger partial charge on any atom is -0.361 e. The fourth-order valence-electron chi connectivity index (χ4n) is 2.57. The number of carbonyl (C=O) groups is 1. The van der Waals surface area contributed by atoms with Crippen molar-refractivity contribution < 1.29 is 9.32 Å². The maximum absolute atomic E-state index is 11.9. The molecule has 0 aliphatic heterocycles. The van der Waals surface area contributed by atoms with Gasteiger partial charge in [0.15, 0.2) is 5.82 Å². The molecule has 0 aliphatic rings. The zero-order chi connectivity index (χ0) is 17.2. The zero-order valence-electron chi connectivity index (χ0n) is 13.6. The van der Waals surface area contributed by atoms with Crippen molar-refractivity contribution in [2.45, 2.75) is 12.8 Å². The van der Waals surface area contributed by atoms with Crippen LogP contribution in [0.2, 0.25) is 0 Å². The van der Waals surface area contributed by atoms with Gasteiger partial charge in [-0.05, 0) is 17.5 Å². The number of hydrogen-bond donors (Lipinski definition) is 2. The van der Waals surface area contributed by atoms with Gasteiger partial charge in [0, 0.05) is 49.4 Å². The van der Waals surface area contributed by atoms with Crippen LogP contribution in [-0.4, -0.2) is 30.8 Å². The molecule has 0 saturated heterocycles. The standard InChI is InChI=1S/C17H16N6O2/c1-23-9-7-14(21-23)19-15(24)4-5-16-20-17(22-25-16)12-3-2-11-6-8-18-13(11)10-12/h2-3,6-10,18H,4-5H2,1H3,(H,19,21,24). The maximum atomic E-state index is 11.9. The monoisotopic (exact) mass is 336 g/mol. The normalized spacial score (nSPS) is 11.1. The number of nitrogens with one attached hydrogen (secondary N) is 2. The Hall–Kier alpha value is -3.42. The molecule has 0 unspecified atom stereocenters. The molecule has 25 heavy (non-hydrogen) atoms. The third kappa shape index (κ3) is 3.27. The Morgan fingerprint density at radius 1 is 1.32 bits per heavy atom. The molecule has 4 rings (SSSR count). The first kappa shape index (κ1) is 15.1. The molecular formula is C17H16N6O2. The number of benzene rings is 1. The molecule has 3 heterocycles. The van der Waals surface area contributed by atoms with Gasteiger partial charge in [-0.1, -0.05) is 17.3 Å². The van der Waals surface area contributed by atoms with Gasteiger partial charge in [0.25, 0.3) is 0 Å². The van der Waals surface area contributed by atoms with Crippen LogP contribution >= 0.6 is 0 Å². The molecule has 0 atom stereocenters. The molecule has 0 fully saturated rings. The molecule has 3 aromatic heterocycles. The highest BCUT2D eigenvalue weighted by Crippen LogP contribution is 2.21. The summed E-state index contributed by atoms with van der Waals surface area (Å²) in [6.45, 7) is 0. The Balaban J connectivity index is 1.40. The van der Waals surface area contributed by atoms with Crippen molar-refractivity contribution in [2.24, 2.45) is 7.05 Å². The van der Waals surface area contributed by atoms with Crippen molar-refractivity contribution in [3.63, 3.8) is 0 Å². The van der Waals surface area contributed by atoms with E-state index in [1.165, 1.54) is 0 Å². The highest BCUT2D eigenvalue weighted by molar-refractivity contribution is 5.89. The van der Waals surface area contributed by atoms with Crippen LogP contribution < -0.4 is 5.32 Å². The molecule has 0 bridgehead atoms. The number of H-pyrrole nitrogens is 1. The summed E-state index contributed by atoms with van der Waals surface area (Å²) in [6, 6.07) is 9.65. The van der Waals surface area contributed by atoms with E-state index >= 15 is 0 Å². The van der Waals surface area contributed by atoms with E-state index in [9.17, 15) is 4.79 Å². The Labute approximate surface area is 142 Å². The van der Waals surface area contributed by atoms with Crippen LogP contribution in [0.4, 0.5) is 5.82 Å². The fraction of sp³-hybridized carbons (Fsp3) is 0.176. The summed E-state index contributed by atoms with van der Waals surface area (Å²) in [5.74, 6) is 1.32. The van der Waals surface area contributed by atoms with Crippen molar-refractivity contribution in [1.29, 1.82) is 0 Å². The molecule has 8 nitrogen and oxygen atoms in total. The summed E-state index contributed by atoms with van der Waals surface area (Å²) in [7, 11) is 1.79. The average molecular weight is 336 g/mol. The Morgan fingerprint density at radius 2 is 2.24 bits per heavy atom. The molecule has 0 aliphatic carbocycles. The molecule has 0 saturated carbocycles. The lowest BCUT2D eigenvalue weighted by atomic mass is 10.1. The molecule has 1 aromatic carbocycles. The lowest BCUT2D eigenvalue weighted by Crippen LogP contribution is -2.13. The van der Waals surface area contributed by atoms with E-state index in [0.29, 0.717) is 24.0 Å². The van der Waals surface area contributed by atoms with Crippen molar-refractivity contribution >= 4 is 22.6 Å². The maximum Gasteiger partial charge on any atom is 0.227 e. The van der Waals surface area contributed by atoms with E-state index < -0.39 is 0 Å². The van der Waals surface area contributed by atoms with E-state index in [-0.39, 0.29) is 12.3 Å². The third-order valence-corrected chi connectivity index (χ3v) is 3.83. The highest BCUT2D eigenvalue weighted by atomic mass is 16.5. The van der Waals surface area contributed by atoms with Gasteiger partial charge in [-0.15, -0.1) is 0 Å². The highest BCUT2D eigenvalue weighted by Gasteiger charge is 2.12. The predicted octanol–water partition coefficient (Wildman–Crippen LogP) is 2.52. The molecule has 0 spiro atoms. The summed E-state index contributed by atoms with van der Waals surface area (Å²) >= 11 is 0. The summed E-state index contributed by atoms with van der Waals surface area (Å²) in [4.78, 5) is 19.5. The SMILES string of the molecule is Cn1ccc(NC(=O)CCc2nc(-c3ccc4cc[nH]c4c3)no2)n1. The van der Waals surface area contributed by atoms with Crippen molar-refractivity contribution in [3.05, 3.63) is 48.6 Å². The second-order valence-electron chi connectivity index (χ2n) is 5.71. The van der Waals surface area contributed by atoms with Crippen molar-refractivity contribution in [3.8, 4) is 11.4 Å². The van der Waals surface area contributed by atoms with Crippen LogP contribution in [0.3, 0.4) is 0 Å². The number of amides is 1. The largest absolute Gasteiger partial charge is 0.361 e. The van der Waals surface area contributed by atoms with Gasteiger partial charge >= 0.3 is 0 Å². The van der Waals surface area contributed by atoms with Crippen LogP contribution in [0, 0.1) is 0 Å². The molecule has 8 heteroatoms. The number of aromatic nitrogens is 5. The quantitative estimate of drug-likeness (QED) is 0.583. The number of fused-ring (bicyclic) bond motifs is 1. The van der Waals surface area contributed by atoms with Gasteiger partial charge in [-0.3, -0.25) is 9.48 Å². The molecule has 2 N–H and O–H groups in total. The minimum absolute atomic E-state index is 0.147. The topological polar surface area (TPSA) is 102 Å². The second kappa shape index (κ2) is 6.23. The summed E-state index contributed by atoms with van der Waals surface area (Å²) in [5, 5.41) is 11.9. The van der Waals surface area contributed by atoms with Gasteiger partial charge in [0.2, 0.25) is 17.6 Å². The number of rotatable bonds is 5. The first-order chi connectivity index (χ1) is 12.2. The van der Waals surface area contributed by atoms with E-state index in [1.807, 2.05) is 30.5 Å². The Bertz CT molecular complexity index is 1030. The Morgan fingerprint density at radius 3 is 3.08 bits per heavy atom. The van der Waals surface area contributed by atoms with Crippen LogP contribution in [0.15, 0.2) is 47.2 Å². The molecule has 1 amide bonds. The second-order valence-corrected chi connectivity index (χ2v) is 5.71. The molecule has 0 radical (unpaired) electrons. The van der Waals surface area contributed by atoms with Crippen LogP contribution in [0.25, 0.3) is 22.3 Å². The number of carbonyl (C=O) groups excluding carboxylic acids is 1. The van der Waals surface area contributed by atoms with Crippen LogP contribution in [0.5, 0.6) is 0 Å². The number of aryl methyl sites for hydroxylation is 2. The summed E-state index contributed by atoms with van der Waals surface area (Å²) < 4.78 is 6.87. The molecular weight excluding hydrogens is 320 g/mol. The van der Waals surface area contributed by atoms with Gasteiger partial charge in [-0.2, -0.15) is 10.1 Å². The summed E-state index contributed by atoms with van der Waals surface area (Å²) in [6.07, 6.45) is 4.27. The predicted molar refractivity (Wildman–Crippen MR) is 91.7 cm³/mol. The smallest absolute Gasteiger partial charge is 0.227 e. The van der Waals surface area contributed by atoms with Crippen LogP contribution in [0.1, 0.15) is 12.3 Å². The number of anilines is 1. The van der Waals surface area contributed by atoms with E-state index in [2.05, 4.69) is 25.5 Å². The first-order valence-corrected chi connectivity index (χ1v) is 7.87. The number of hydrogen-bond acceptors (Lipinski definition) is 5. The third-order valence-electron chi connectivity index (χ3n) is 3.83. The molecule has 4 aromatic rings. The van der Waals surface area contributed by atoms with Crippen molar-refractivity contribution in [1.82, 2.24) is 24.9 Å². The van der Waals surface area contributed by atoms with Gasteiger partial charge in [0.05, 0.1) is 0 Å². The number of aromatic amines is 1. The first-order valence-electron chi connectivity index (χ1n) is 7.87. The lowest BCUT2D eigenvalue weighted by Gasteiger charge is -1.99. The fourth-order valence-corrected chi connectivity index (χ4v) is 2.57. The Kier molecular flexibility index (Phi) is 3.77. The average Bonchev–Trinajstić information content (AvgIpc) is 3.32. The van der Waals surface area contributed by atoms with Gasteiger partial charge in [0.1, 0.15) is 0 Å².